The summed E-state index contributed by atoms with van der Waals surface area (Å²) in [5.74, 6) is -2.06. The average Bonchev–Trinajstić information content (AvgIpc) is 2.36. The molecule has 2 nitrogen and oxygen atoms in total. The zero-order chi connectivity index (χ0) is 14.2. The highest BCUT2D eigenvalue weighted by Crippen LogP contribution is 2.24. The van der Waals surface area contributed by atoms with Gasteiger partial charge >= 0.3 is 0 Å². The summed E-state index contributed by atoms with van der Waals surface area (Å²) in [5, 5.41) is 0. The van der Waals surface area contributed by atoms with Gasteiger partial charge < -0.3 is 5.73 Å². The smallest absolute Gasteiger partial charge is 0.196 e. The number of benzene rings is 2. The molecule has 0 fully saturated rings. The average molecular weight is 326 g/mol. The van der Waals surface area contributed by atoms with Crippen molar-refractivity contribution in [3.05, 3.63) is 63.1 Å². The Labute approximate surface area is 117 Å². The maximum atomic E-state index is 13.8. The van der Waals surface area contributed by atoms with Crippen LogP contribution >= 0.6 is 15.9 Å². The third-order valence-electron chi connectivity index (χ3n) is 2.76. The molecule has 2 aromatic carbocycles. The Morgan fingerprint density at radius 3 is 2.47 bits per heavy atom. The molecule has 0 unspecified atom stereocenters. The van der Waals surface area contributed by atoms with Gasteiger partial charge in [0.05, 0.1) is 10.0 Å². The van der Waals surface area contributed by atoms with Gasteiger partial charge in [-0.1, -0.05) is 6.07 Å². The maximum absolute atomic E-state index is 13.8. The van der Waals surface area contributed by atoms with Crippen molar-refractivity contribution in [1.29, 1.82) is 0 Å². The zero-order valence-electron chi connectivity index (χ0n) is 10.0. The molecule has 0 aliphatic heterocycles. The molecule has 2 N–H and O–H groups in total. The molecule has 0 radical (unpaired) electrons. The summed E-state index contributed by atoms with van der Waals surface area (Å²) in [6.45, 7) is 1.71. The Bertz CT molecular complexity index is 671. The molecule has 0 spiro atoms. The van der Waals surface area contributed by atoms with Crippen LogP contribution in [0.4, 0.5) is 14.5 Å². The monoisotopic (exact) mass is 325 g/mol. The van der Waals surface area contributed by atoms with Crippen LogP contribution in [-0.4, -0.2) is 5.78 Å². The van der Waals surface area contributed by atoms with E-state index < -0.39 is 17.4 Å². The number of carbonyl (C=O) groups excluding carboxylic acids is 1. The molecule has 0 aliphatic rings. The Morgan fingerprint density at radius 1 is 1.11 bits per heavy atom. The number of hydrogen-bond donors (Lipinski definition) is 1. The van der Waals surface area contributed by atoms with Crippen molar-refractivity contribution in [3.8, 4) is 0 Å². The van der Waals surface area contributed by atoms with E-state index in [-0.39, 0.29) is 15.6 Å². The fraction of sp³-hybridized carbons (Fsp3) is 0.0714. The summed E-state index contributed by atoms with van der Waals surface area (Å²) < 4.78 is 27.2. The number of aryl methyl sites for hydroxylation is 1. The fourth-order valence-corrected chi connectivity index (χ4v) is 2.04. The number of anilines is 1. The molecule has 19 heavy (non-hydrogen) atoms. The molecule has 2 aromatic rings. The number of rotatable bonds is 2. The van der Waals surface area contributed by atoms with Crippen molar-refractivity contribution in [3.63, 3.8) is 0 Å². The third-order valence-corrected chi connectivity index (χ3v) is 3.37. The first-order chi connectivity index (χ1) is 8.90. The molecule has 0 saturated carbocycles. The molecule has 0 heterocycles. The number of carbonyl (C=O) groups is 1. The van der Waals surface area contributed by atoms with Crippen LogP contribution in [0.25, 0.3) is 0 Å². The number of nitrogen functional groups attached to an aromatic ring is 1. The normalized spacial score (nSPS) is 10.5. The minimum atomic E-state index is -0.778. The highest BCUT2D eigenvalue weighted by Gasteiger charge is 2.18. The van der Waals surface area contributed by atoms with E-state index in [9.17, 15) is 13.6 Å². The fourth-order valence-electron chi connectivity index (χ4n) is 1.73. The Morgan fingerprint density at radius 2 is 1.79 bits per heavy atom. The molecule has 0 saturated heterocycles. The van der Waals surface area contributed by atoms with Gasteiger partial charge in [0.15, 0.2) is 5.78 Å². The van der Waals surface area contributed by atoms with E-state index in [0.29, 0.717) is 11.3 Å². The molecule has 0 atom stereocenters. The van der Waals surface area contributed by atoms with Gasteiger partial charge in [0.2, 0.25) is 0 Å². The molecule has 98 valence electrons. The maximum Gasteiger partial charge on any atom is 0.196 e. The summed E-state index contributed by atoms with van der Waals surface area (Å²) in [6.07, 6.45) is 0. The summed E-state index contributed by atoms with van der Waals surface area (Å²) in [5.41, 5.74) is 6.61. The van der Waals surface area contributed by atoms with Crippen molar-refractivity contribution in [2.24, 2.45) is 0 Å². The van der Waals surface area contributed by atoms with Crippen molar-refractivity contribution in [1.82, 2.24) is 0 Å². The Balaban J connectivity index is 2.56. The summed E-state index contributed by atoms with van der Waals surface area (Å²) in [4.78, 5) is 12.2. The first-order valence-electron chi connectivity index (χ1n) is 5.45. The van der Waals surface area contributed by atoms with Gasteiger partial charge in [0, 0.05) is 11.3 Å². The quantitative estimate of drug-likeness (QED) is 0.517. The molecule has 0 aromatic heterocycles. The van der Waals surface area contributed by atoms with Gasteiger partial charge in [-0.25, -0.2) is 8.78 Å². The largest absolute Gasteiger partial charge is 0.399 e. The van der Waals surface area contributed by atoms with E-state index >= 15 is 0 Å². The van der Waals surface area contributed by atoms with Gasteiger partial charge in [-0.15, -0.1) is 0 Å². The van der Waals surface area contributed by atoms with Gasteiger partial charge in [-0.2, -0.15) is 0 Å². The van der Waals surface area contributed by atoms with Crippen LogP contribution in [0.2, 0.25) is 0 Å². The number of nitrogens with two attached hydrogens (primary N) is 1. The lowest BCUT2D eigenvalue weighted by atomic mass is 9.98. The first-order valence-corrected chi connectivity index (χ1v) is 6.25. The molecule has 0 amide bonds. The summed E-state index contributed by atoms with van der Waals surface area (Å²) in [6, 6.07) is 6.58. The Hall–Kier alpha value is -1.75. The lowest BCUT2D eigenvalue weighted by molar-refractivity contribution is 0.103. The lowest BCUT2D eigenvalue weighted by Crippen LogP contribution is -2.08. The SMILES string of the molecule is Cc1ccc(N)cc1C(=O)c1cc(F)c(Br)cc1F. The van der Waals surface area contributed by atoms with Gasteiger partial charge in [-0.05, 0) is 52.7 Å². The summed E-state index contributed by atoms with van der Waals surface area (Å²) >= 11 is 2.87. The highest BCUT2D eigenvalue weighted by atomic mass is 79.9. The standard InChI is InChI=1S/C14H10BrF2NO/c1-7-2-3-8(18)4-9(7)14(19)10-5-13(17)11(15)6-12(10)16/h2-6H,18H2,1H3. The number of ketones is 1. The topological polar surface area (TPSA) is 43.1 Å². The third kappa shape index (κ3) is 2.66. The van der Waals surface area contributed by atoms with Crippen LogP contribution in [0.3, 0.4) is 0 Å². The predicted molar refractivity (Wildman–Crippen MR) is 73.1 cm³/mol. The van der Waals surface area contributed by atoms with E-state index in [2.05, 4.69) is 15.9 Å². The number of hydrogen-bond acceptors (Lipinski definition) is 2. The van der Waals surface area contributed by atoms with Crippen LogP contribution in [0, 0.1) is 18.6 Å². The van der Waals surface area contributed by atoms with E-state index in [1.807, 2.05) is 0 Å². The van der Waals surface area contributed by atoms with Crippen molar-refractivity contribution in [2.45, 2.75) is 6.92 Å². The molecular weight excluding hydrogens is 316 g/mol. The van der Waals surface area contributed by atoms with E-state index in [1.54, 1.807) is 19.1 Å². The van der Waals surface area contributed by atoms with E-state index in [4.69, 9.17) is 5.73 Å². The lowest BCUT2D eigenvalue weighted by Gasteiger charge is -2.08. The van der Waals surface area contributed by atoms with E-state index in [1.165, 1.54) is 6.07 Å². The molecule has 0 bridgehead atoms. The second kappa shape index (κ2) is 5.09. The minimum absolute atomic E-state index is 0.0224. The van der Waals surface area contributed by atoms with Crippen LogP contribution < -0.4 is 5.73 Å². The summed E-state index contributed by atoms with van der Waals surface area (Å²) in [7, 11) is 0. The molecular formula is C14H10BrF2NO. The second-order valence-corrected chi connectivity index (χ2v) is 5.00. The predicted octanol–water partition coefficient (Wildman–Crippen LogP) is 3.85. The van der Waals surface area contributed by atoms with Gasteiger partial charge in [0.1, 0.15) is 11.6 Å². The highest BCUT2D eigenvalue weighted by molar-refractivity contribution is 9.10. The second-order valence-electron chi connectivity index (χ2n) is 4.15. The van der Waals surface area contributed by atoms with Crippen molar-refractivity contribution < 1.29 is 13.6 Å². The van der Waals surface area contributed by atoms with Crippen LogP contribution in [-0.2, 0) is 0 Å². The molecule has 0 aliphatic carbocycles. The molecule has 5 heteroatoms. The Kier molecular flexibility index (Phi) is 3.66. The van der Waals surface area contributed by atoms with Crippen LogP contribution in [0.5, 0.6) is 0 Å². The zero-order valence-corrected chi connectivity index (χ0v) is 11.6. The minimum Gasteiger partial charge on any atom is -0.399 e. The van der Waals surface area contributed by atoms with Gasteiger partial charge in [0.25, 0.3) is 0 Å². The van der Waals surface area contributed by atoms with Crippen LogP contribution in [0.1, 0.15) is 21.5 Å². The van der Waals surface area contributed by atoms with Crippen molar-refractivity contribution in [2.75, 3.05) is 5.73 Å². The van der Waals surface area contributed by atoms with Crippen molar-refractivity contribution >= 4 is 27.4 Å². The van der Waals surface area contributed by atoms with Crippen LogP contribution in [0.15, 0.2) is 34.8 Å². The first kappa shape index (κ1) is 13.7. The number of halogens is 3. The van der Waals surface area contributed by atoms with E-state index in [0.717, 1.165) is 12.1 Å². The van der Waals surface area contributed by atoms with Gasteiger partial charge in [-0.3, -0.25) is 4.79 Å². The molecule has 2 rings (SSSR count).